The highest BCUT2D eigenvalue weighted by Crippen LogP contribution is 2.48. The molecule has 2 N–H and O–H groups in total. The first-order valence-corrected chi connectivity index (χ1v) is 6.25. The van der Waals surface area contributed by atoms with Crippen LogP contribution in [0.15, 0.2) is 48.5 Å². The zero-order valence-corrected chi connectivity index (χ0v) is 10.3. The lowest BCUT2D eigenvalue weighted by atomic mass is 10.0. The topological polar surface area (TPSA) is 26.0 Å². The SMILES string of the molecule is Nc1ccc2c3c(cccc13)-c1cc(Cl)ccc1-2. The molecule has 1 aliphatic rings. The second kappa shape index (κ2) is 3.27. The van der Waals surface area contributed by atoms with Gasteiger partial charge in [0.25, 0.3) is 0 Å². The van der Waals surface area contributed by atoms with Crippen molar-refractivity contribution in [1.29, 1.82) is 0 Å². The van der Waals surface area contributed by atoms with E-state index in [0.29, 0.717) is 0 Å². The van der Waals surface area contributed by atoms with Crippen LogP contribution in [0.1, 0.15) is 0 Å². The van der Waals surface area contributed by atoms with E-state index < -0.39 is 0 Å². The van der Waals surface area contributed by atoms with Crippen LogP contribution < -0.4 is 5.73 Å². The Morgan fingerprint density at radius 3 is 2.44 bits per heavy atom. The molecule has 0 aromatic heterocycles. The normalized spacial score (nSPS) is 11.8. The summed E-state index contributed by atoms with van der Waals surface area (Å²) in [6.07, 6.45) is 0. The van der Waals surface area contributed by atoms with Crippen molar-refractivity contribution in [3.05, 3.63) is 53.6 Å². The third-order valence-corrected chi connectivity index (χ3v) is 3.87. The molecule has 4 rings (SSSR count). The van der Waals surface area contributed by atoms with Crippen LogP contribution in [0.4, 0.5) is 5.69 Å². The van der Waals surface area contributed by atoms with Gasteiger partial charge in [-0.05, 0) is 45.8 Å². The summed E-state index contributed by atoms with van der Waals surface area (Å²) in [5, 5.41) is 3.14. The number of hydrogen-bond acceptors (Lipinski definition) is 1. The van der Waals surface area contributed by atoms with Crippen molar-refractivity contribution in [2.75, 3.05) is 5.73 Å². The van der Waals surface area contributed by atoms with E-state index in [2.05, 4.69) is 24.3 Å². The summed E-state index contributed by atoms with van der Waals surface area (Å²) in [5.74, 6) is 0. The molecule has 1 aliphatic carbocycles. The largest absolute Gasteiger partial charge is 0.398 e. The molecule has 0 saturated heterocycles. The smallest absolute Gasteiger partial charge is 0.0412 e. The number of nitrogens with two attached hydrogens (primary N) is 1. The number of anilines is 1. The molecule has 0 atom stereocenters. The molecule has 0 amide bonds. The first-order valence-electron chi connectivity index (χ1n) is 5.87. The summed E-state index contributed by atoms with van der Waals surface area (Å²) in [4.78, 5) is 0. The Bertz CT molecular complexity index is 806. The van der Waals surface area contributed by atoms with Crippen molar-refractivity contribution in [3.63, 3.8) is 0 Å². The minimum atomic E-state index is 0.770. The van der Waals surface area contributed by atoms with Gasteiger partial charge in [-0.1, -0.05) is 41.9 Å². The van der Waals surface area contributed by atoms with Crippen LogP contribution in [0.3, 0.4) is 0 Å². The van der Waals surface area contributed by atoms with E-state index in [9.17, 15) is 0 Å². The molecule has 2 heteroatoms. The monoisotopic (exact) mass is 251 g/mol. The van der Waals surface area contributed by atoms with Crippen LogP contribution in [0.25, 0.3) is 33.0 Å². The van der Waals surface area contributed by atoms with Crippen LogP contribution in [-0.2, 0) is 0 Å². The first-order chi connectivity index (χ1) is 8.75. The molecule has 86 valence electrons. The van der Waals surface area contributed by atoms with Gasteiger partial charge in [-0.15, -0.1) is 0 Å². The lowest BCUT2D eigenvalue weighted by Crippen LogP contribution is -1.86. The van der Waals surface area contributed by atoms with Gasteiger partial charge >= 0.3 is 0 Å². The lowest BCUT2D eigenvalue weighted by molar-refractivity contribution is 1.69. The van der Waals surface area contributed by atoms with Gasteiger partial charge in [0.2, 0.25) is 0 Å². The fourth-order valence-electron chi connectivity index (χ4n) is 2.85. The fraction of sp³-hybridized carbons (Fsp3) is 0. The van der Waals surface area contributed by atoms with Crippen molar-refractivity contribution < 1.29 is 0 Å². The molecule has 1 nitrogen and oxygen atoms in total. The standard InChI is InChI=1S/C16H10ClN/c17-9-4-5-10-12-6-7-15(18)13-3-1-2-11(16(12)13)14(10)8-9/h1-8H,18H2. The number of fused-ring (bicyclic) bond motifs is 3. The predicted octanol–water partition coefficient (Wildman–Crippen LogP) is 4.72. The summed E-state index contributed by atoms with van der Waals surface area (Å²) in [5.41, 5.74) is 11.8. The Kier molecular flexibility index (Phi) is 1.81. The molecule has 0 saturated carbocycles. The van der Waals surface area contributed by atoms with Crippen LogP contribution in [0.2, 0.25) is 5.02 Å². The molecule has 3 aromatic rings. The van der Waals surface area contributed by atoms with E-state index in [4.69, 9.17) is 17.3 Å². The summed E-state index contributed by atoms with van der Waals surface area (Å²) >= 11 is 6.11. The van der Waals surface area contributed by atoms with Gasteiger partial charge in [0.1, 0.15) is 0 Å². The molecular formula is C16H10ClN. The first kappa shape index (κ1) is 9.98. The molecular weight excluding hydrogens is 242 g/mol. The summed E-state index contributed by atoms with van der Waals surface area (Å²) < 4.78 is 0. The van der Waals surface area contributed by atoms with Crippen LogP contribution in [0.5, 0.6) is 0 Å². The van der Waals surface area contributed by atoms with E-state index >= 15 is 0 Å². The molecule has 0 unspecified atom stereocenters. The number of rotatable bonds is 0. The number of benzene rings is 3. The molecule has 18 heavy (non-hydrogen) atoms. The quantitative estimate of drug-likeness (QED) is 0.450. The third kappa shape index (κ3) is 1.12. The van der Waals surface area contributed by atoms with E-state index in [0.717, 1.165) is 16.1 Å². The second-order valence-corrected chi connectivity index (χ2v) is 5.06. The molecule has 0 radical (unpaired) electrons. The van der Waals surface area contributed by atoms with Gasteiger partial charge in [0.15, 0.2) is 0 Å². The third-order valence-electron chi connectivity index (χ3n) is 3.64. The van der Waals surface area contributed by atoms with E-state index in [1.807, 2.05) is 24.3 Å². The van der Waals surface area contributed by atoms with Gasteiger partial charge in [-0.3, -0.25) is 0 Å². The maximum Gasteiger partial charge on any atom is 0.0412 e. The highest BCUT2D eigenvalue weighted by molar-refractivity contribution is 6.31. The molecule has 0 fully saturated rings. The van der Waals surface area contributed by atoms with Gasteiger partial charge in [-0.25, -0.2) is 0 Å². The summed E-state index contributed by atoms with van der Waals surface area (Å²) in [6.45, 7) is 0. The van der Waals surface area contributed by atoms with Crippen molar-refractivity contribution in [1.82, 2.24) is 0 Å². The summed E-state index contributed by atoms with van der Waals surface area (Å²) in [6, 6.07) is 16.4. The Labute approximate surface area is 110 Å². The van der Waals surface area contributed by atoms with Gasteiger partial charge in [0.05, 0.1) is 0 Å². The van der Waals surface area contributed by atoms with Crippen molar-refractivity contribution in [2.24, 2.45) is 0 Å². The number of hydrogen-bond donors (Lipinski definition) is 1. The highest BCUT2D eigenvalue weighted by atomic mass is 35.5. The van der Waals surface area contributed by atoms with Gasteiger partial charge in [0, 0.05) is 16.1 Å². The molecule has 0 heterocycles. The van der Waals surface area contributed by atoms with Crippen LogP contribution in [-0.4, -0.2) is 0 Å². The van der Waals surface area contributed by atoms with Crippen LogP contribution in [0, 0.1) is 0 Å². The summed E-state index contributed by atoms with van der Waals surface area (Å²) in [7, 11) is 0. The molecule has 0 spiro atoms. The van der Waals surface area contributed by atoms with Crippen LogP contribution >= 0.6 is 11.6 Å². The minimum absolute atomic E-state index is 0.770. The number of nitrogen functional groups attached to an aromatic ring is 1. The molecule has 0 bridgehead atoms. The van der Waals surface area contributed by atoms with Gasteiger partial charge < -0.3 is 5.73 Å². The average molecular weight is 252 g/mol. The number of halogens is 1. The maximum atomic E-state index is 6.11. The van der Waals surface area contributed by atoms with Crippen molar-refractivity contribution in [2.45, 2.75) is 0 Å². The van der Waals surface area contributed by atoms with E-state index in [1.54, 1.807) is 0 Å². The fourth-order valence-corrected chi connectivity index (χ4v) is 3.02. The zero-order chi connectivity index (χ0) is 12.3. The minimum Gasteiger partial charge on any atom is -0.398 e. The highest BCUT2D eigenvalue weighted by Gasteiger charge is 2.21. The van der Waals surface area contributed by atoms with Crippen molar-refractivity contribution in [3.8, 4) is 22.3 Å². The van der Waals surface area contributed by atoms with E-state index in [-0.39, 0.29) is 0 Å². The zero-order valence-electron chi connectivity index (χ0n) is 9.57. The maximum absolute atomic E-state index is 6.11. The average Bonchev–Trinajstić information content (AvgIpc) is 2.69. The molecule has 0 aliphatic heterocycles. The van der Waals surface area contributed by atoms with E-state index in [1.165, 1.54) is 27.6 Å². The Morgan fingerprint density at radius 1 is 0.778 bits per heavy atom. The van der Waals surface area contributed by atoms with Gasteiger partial charge in [-0.2, -0.15) is 0 Å². The Morgan fingerprint density at radius 2 is 1.56 bits per heavy atom. The second-order valence-electron chi connectivity index (χ2n) is 4.62. The Hall–Kier alpha value is -1.99. The molecule has 3 aromatic carbocycles. The predicted molar refractivity (Wildman–Crippen MR) is 77.8 cm³/mol. The van der Waals surface area contributed by atoms with Crippen molar-refractivity contribution >= 4 is 28.1 Å². The Balaban J connectivity index is 2.26. The lowest BCUT2D eigenvalue weighted by Gasteiger charge is -2.04.